The van der Waals surface area contributed by atoms with Crippen LogP contribution in [0, 0.1) is 0 Å². The molecule has 1 aromatic rings. The van der Waals surface area contributed by atoms with Crippen LogP contribution in [0.4, 0.5) is 0 Å². The monoisotopic (exact) mass is 255 g/mol. The maximum atomic E-state index is 9.10. The van der Waals surface area contributed by atoms with Crippen LogP contribution in [0.1, 0.15) is 5.56 Å². The fourth-order valence-electron chi connectivity index (χ4n) is 0.938. The van der Waals surface area contributed by atoms with Gasteiger partial charge in [-0.05, 0) is 12.6 Å². The molecule has 0 spiro atoms. The van der Waals surface area contributed by atoms with Crippen LogP contribution in [-0.2, 0) is 20.9 Å². The lowest BCUT2D eigenvalue weighted by Gasteiger charge is -2.02. The zero-order valence-corrected chi connectivity index (χ0v) is 10.1. The first-order valence-corrected chi connectivity index (χ1v) is 5.30. The molecule has 1 aromatic carbocycles. The summed E-state index contributed by atoms with van der Waals surface area (Å²) in [5.74, 6) is -3.65. The summed E-state index contributed by atoms with van der Waals surface area (Å²) in [5.41, 5.74) is 1.23. The standard InChI is InChI=1S/C10H15NO.C2H2O4/c1-11-7-8-12-9-10-5-3-2-4-6-10;3-1(4)2(5)6/h2-6,11H,7-9H2,1H3;(H,3,4)(H,5,6). The summed E-state index contributed by atoms with van der Waals surface area (Å²) in [6.07, 6.45) is 0. The van der Waals surface area contributed by atoms with Crippen molar-refractivity contribution in [2.24, 2.45) is 0 Å². The number of ether oxygens (including phenoxy) is 1. The molecular formula is C12H17NO5. The lowest BCUT2D eigenvalue weighted by molar-refractivity contribution is -0.159. The Morgan fingerprint density at radius 1 is 1.17 bits per heavy atom. The molecule has 0 fully saturated rings. The van der Waals surface area contributed by atoms with E-state index in [1.54, 1.807) is 0 Å². The van der Waals surface area contributed by atoms with Crippen molar-refractivity contribution in [3.8, 4) is 0 Å². The Hall–Kier alpha value is -1.92. The molecule has 3 N–H and O–H groups in total. The fraction of sp³-hybridized carbons (Fsp3) is 0.333. The molecule has 0 aliphatic heterocycles. The van der Waals surface area contributed by atoms with Gasteiger partial charge in [0.2, 0.25) is 0 Å². The average Bonchev–Trinajstić information content (AvgIpc) is 2.36. The summed E-state index contributed by atoms with van der Waals surface area (Å²) in [6.45, 7) is 2.39. The Labute approximate surface area is 105 Å². The van der Waals surface area contributed by atoms with Crippen molar-refractivity contribution in [3.05, 3.63) is 35.9 Å². The smallest absolute Gasteiger partial charge is 0.414 e. The second-order valence-corrected chi connectivity index (χ2v) is 3.25. The van der Waals surface area contributed by atoms with Gasteiger partial charge >= 0.3 is 11.9 Å². The van der Waals surface area contributed by atoms with E-state index < -0.39 is 11.9 Å². The first-order valence-electron chi connectivity index (χ1n) is 5.30. The highest BCUT2D eigenvalue weighted by molar-refractivity contribution is 6.27. The van der Waals surface area contributed by atoms with E-state index in [0.717, 1.165) is 13.2 Å². The van der Waals surface area contributed by atoms with Crippen molar-refractivity contribution < 1.29 is 24.5 Å². The van der Waals surface area contributed by atoms with Gasteiger partial charge in [0.1, 0.15) is 0 Å². The molecule has 18 heavy (non-hydrogen) atoms. The van der Waals surface area contributed by atoms with Crippen LogP contribution in [0.5, 0.6) is 0 Å². The summed E-state index contributed by atoms with van der Waals surface area (Å²) in [4.78, 5) is 18.2. The van der Waals surface area contributed by atoms with Gasteiger partial charge in [-0.15, -0.1) is 0 Å². The molecule has 0 amide bonds. The maximum absolute atomic E-state index is 9.10. The van der Waals surface area contributed by atoms with Gasteiger partial charge < -0.3 is 20.3 Å². The minimum Gasteiger partial charge on any atom is -0.473 e. The van der Waals surface area contributed by atoms with Crippen LogP contribution in [0.15, 0.2) is 30.3 Å². The van der Waals surface area contributed by atoms with Crippen LogP contribution in [-0.4, -0.2) is 42.4 Å². The first-order chi connectivity index (χ1) is 8.57. The van der Waals surface area contributed by atoms with E-state index in [-0.39, 0.29) is 0 Å². The summed E-state index contributed by atoms with van der Waals surface area (Å²) in [5, 5.41) is 17.8. The summed E-state index contributed by atoms with van der Waals surface area (Å²) in [7, 11) is 1.92. The molecule has 100 valence electrons. The molecule has 6 nitrogen and oxygen atoms in total. The Balaban J connectivity index is 0.000000411. The number of nitrogens with one attached hydrogen (secondary N) is 1. The van der Waals surface area contributed by atoms with E-state index in [9.17, 15) is 0 Å². The number of likely N-dealkylation sites (N-methyl/N-ethyl adjacent to an activating group) is 1. The maximum Gasteiger partial charge on any atom is 0.414 e. The van der Waals surface area contributed by atoms with Crippen molar-refractivity contribution in [2.75, 3.05) is 20.2 Å². The van der Waals surface area contributed by atoms with E-state index in [0.29, 0.717) is 6.61 Å². The molecule has 0 saturated carbocycles. The third-order valence-electron chi connectivity index (χ3n) is 1.79. The van der Waals surface area contributed by atoms with Crippen LogP contribution in [0.2, 0.25) is 0 Å². The quantitative estimate of drug-likeness (QED) is 0.526. The molecule has 0 saturated heterocycles. The van der Waals surface area contributed by atoms with Gasteiger partial charge in [-0.3, -0.25) is 0 Å². The van der Waals surface area contributed by atoms with Gasteiger partial charge in [0.05, 0.1) is 13.2 Å². The van der Waals surface area contributed by atoms with Gasteiger partial charge in [0, 0.05) is 6.54 Å². The summed E-state index contributed by atoms with van der Waals surface area (Å²) >= 11 is 0. The van der Waals surface area contributed by atoms with Crippen molar-refractivity contribution in [3.63, 3.8) is 0 Å². The number of hydrogen-bond acceptors (Lipinski definition) is 4. The first kappa shape index (κ1) is 16.1. The number of aliphatic carboxylic acids is 2. The number of carboxylic acid groups (broad SMARTS) is 2. The van der Waals surface area contributed by atoms with Crippen molar-refractivity contribution in [1.29, 1.82) is 0 Å². The highest BCUT2D eigenvalue weighted by atomic mass is 16.5. The van der Waals surface area contributed by atoms with Gasteiger partial charge in [-0.25, -0.2) is 9.59 Å². The van der Waals surface area contributed by atoms with E-state index in [4.69, 9.17) is 24.5 Å². The molecule has 6 heteroatoms. The minimum absolute atomic E-state index is 0.711. The third-order valence-corrected chi connectivity index (χ3v) is 1.79. The predicted molar refractivity (Wildman–Crippen MR) is 65.3 cm³/mol. The average molecular weight is 255 g/mol. The van der Waals surface area contributed by atoms with Crippen molar-refractivity contribution in [2.45, 2.75) is 6.61 Å². The van der Waals surface area contributed by atoms with E-state index in [2.05, 4.69) is 17.4 Å². The second kappa shape index (κ2) is 10.2. The predicted octanol–water partition coefficient (Wildman–Crippen LogP) is 0.578. The van der Waals surface area contributed by atoms with E-state index in [1.165, 1.54) is 5.56 Å². The molecule has 0 atom stereocenters. The van der Waals surface area contributed by atoms with Gasteiger partial charge in [0.25, 0.3) is 0 Å². The normalized spacial score (nSPS) is 9.17. The lowest BCUT2D eigenvalue weighted by Crippen LogP contribution is -2.13. The minimum atomic E-state index is -1.82. The number of benzene rings is 1. The summed E-state index contributed by atoms with van der Waals surface area (Å²) < 4.78 is 5.40. The van der Waals surface area contributed by atoms with E-state index in [1.807, 2.05) is 25.2 Å². The van der Waals surface area contributed by atoms with Crippen LogP contribution < -0.4 is 5.32 Å². The molecule has 0 aromatic heterocycles. The topological polar surface area (TPSA) is 95.9 Å². The highest BCUT2D eigenvalue weighted by Crippen LogP contribution is 1.99. The number of rotatable bonds is 5. The Bertz CT molecular complexity index is 341. The fourth-order valence-corrected chi connectivity index (χ4v) is 0.938. The molecule has 0 unspecified atom stereocenters. The van der Waals surface area contributed by atoms with Crippen LogP contribution >= 0.6 is 0 Å². The summed E-state index contributed by atoms with van der Waals surface area (Å²) in [6, 6.07) is 10.2. The van der Waals surface area contributed by atoms with E-state index >= 15 is 0 Å². The molecule has 0 aliphatic rings. The largest absolute Gasteiger partial charge is 0.473 e. The lowest BCUT2D eigenvalue weighted by atomic mass is 10.2. The number of carboxylic acids is 2. The number of carbonyl (C=O) groups is 2. The Kier molecular flexibility index (Phi) is 9.15. The Morgan fingerprint density at radius 2 is 1.72 bits per heavy atom. The third kappa shape index (κ3) is 9.32. The SMILES string of the molecule is CNCCOCc1ccccc1.O=C(O)C(=O)O. The molecule has 0 radical (unpaired) electrons. The van der Waals surface area contributed by atoms with Crippen LogP contribution in [0.25, 0.3) is 0 Å². The van der Waals surface area contributed by atoms with Crippen LogP contribution in [0.3, 0.4) is 0 Å². The zero-order valence-electron chi connectivity index (χ0n) is 10.1. The highest BCUT2D eigenvalue weighted by Gasteiger charge is 2.04. The van der Waals surface area contributed by atoms with Gasteiger partial charge in [0.15, 0.2) is 0 Å². The van der Waals surface area contributed by atoms with Gasteiger partial charge in [-0.1, -0.05) is 30.3 Å². The zero-order chi connectivity index (χ0) is 13.8. The molecule has 1 rings (SSSR count). The molecule has 0 bridgehead atoms. The number of hydrogen-bond donors (Lipinski definition) is 3. The van der Waals surface area contributed by atoms with Crippen molar-refractivity contribution >= 4 is 11.9 Å². The molecule has 0 aliphatic carbocycles. The van der Waals surface area contributed by atoms with Gasteiger partial charge in [-0.2, -0.15) is 0 Å². The second-order valence-electron chi connectivity index (χ2n) is 3.25. The van der Waals surface area contributed by atoms with Crippen molar-refractivity contribution in [1.82, 2.24) is 5.32 Å². The molecule has 0 heterocycles. The molecular weight excluding hydrogens is 238 g/mol. The Morgan fingerprint density at radius 3 is 2.17 bits per heavy atom.